The molecule has 0 aromatic heterocycles. The van der Waals surface area contributed by atoms with Crippen LogP contribution in [0.25, 0.3) is 0 Å². The van der Waals surface area contributed by atoms with Gasteiger partial charge in [-0.1, -0.05) is 29.8 Å². The monoisotopic (exact) mass is 293 g/mol. The molecule has 2 aromatic carbocycles. The van der Waals surface area contributed by atoms with Gasteiger partial charge in [0.05, 0.1) is 11.0 Å². The normalized spacial score (nSPS) is 25.0. The summed E-state index contributed by atoms with van der Waals surface area (Å²) in [6.45, 7) is 2.03. The van der Waals surface area contributed by atoms with Gasteiger partial charge >= 0.3 is 5.97 Å². The minimum Gasteiger partial charge on any atom is -0.478 e. The average molecular weight is 293 g/mol. The van der Waals surface area contributed by atoms with Crippen LogP contribution in [0.3, 0.4) is 0 Å². The molecule has 4 rings (SSSR count). The second-order valence-corrected chi connectivity index (χ2v) is 6.16. The number of benzene rings is 2. The summed E-state index contributed by atoms with van der Waals surface area (Å²) in [5.74, 6) is -0.862. The van der Waals surface area contributed by atoms with Crippen molar-refractivity contribution in [2.45, 2.75) is 24.7 Å². The molecule has 4 heteroatoms. The number of hydrogen-bond donors (Lipinski definition) is 2. The molecule has 22 heavy (non-hydrogen) atoms. The van der Waals surface area contributed by atoms with Crippen molar-refractivity contribution >= 4 is 17.6 Å². The van der Waals surface area contributed by atoms with Crippen LogP contribution in [-0.2, 0) is 10.2 Å². The van der Waals surface area contributed by atoms with Gasteiger partial charge in [-0.05, 0) is 42.7 Å². The standard InChI is InChI=1S/C18H15NO3/c1-10-2-4-11(5-3-10)14-9-18(14)13-8-12(16(20)21)6-7-15(13)19-17(18)22/h2-8,14H,9H2,1H3,(H,19,22)(H,20,21)/t14-,18-/m1/s1. The Morgan fingerprint density at radius 1 is 1.23 bits per heavy atom. The summed E-state index contributed by atoms with van der Waals surface area (Å²) in [5, 5.41) is 12.1. The zero-order chi connectivity index (χ0) is 15.5. The number of aromatic carboxylic acids is 1. The predicted molar refractivity (Wildman–Crippen MR) is 82.2 cm³/mol. The minimum atomic E-state index is -0.968. The van der Waals surface area contributed by atoms with E-state index in [-0.39, 0.29) is 17.4 Å². The summed E-state index contributed by atoms with van der Waals surface area (Å²) < 4.78 is 0. The average Bonchev–Trinajstić information content (AvgIpc) is 3.18. The number of anilines is 1. The molecule has 1 aliphatic carbocycles. The Bertz CT molecular complexity index is 810. The quantitative estimate of drug-likeness (QED) is 0.894. The Labute approximate surface area is 127 Å². The lowest BCUT2D eigenvalue weighted by molar-refractivity contribution is -0.118. The van der Waals surface area contributed by atoms with Crippen LogP contribution >= 0.6 is 0 Å². The summed E-state index contributed by atoms with van der Waals surface area (Å²) in [5.41, 5.74) is 3.52. The van der Waals surface area contributed by atoms with E-state index in [1.54, 1.807) is 12.1 Å². The van der Waals surface area contributed by atoms with Crippen molar-refractivity contribution in [2.75, 3.05) is 5.32 Å². The lowest BCUT2D eigenvalue weighted by atomic mass is 9.91. The molecular weight excluding hydrogens is 278 g/mol. The maximum Gasteiger partial charge on any atom is 0.335 e. The van der Waals surface area contributed by atoms with E-state index >= 15 is 0 Å². The first-order chi connectivity index (χ1) is 10.5. The molecule has 2 atom stereocenters. The lowest BCUT2D eigenvalue weighted by Crippen LogP contribution is -2.21. The van der Waals surface area contributed by atoms with Crippen LogP contribution in [0.1, 0.15) is 39.4 Å². The highest BCUT2D eigenvalue weighted by atomic mass is 16.4. The molecule has 0 unspecified atom stereocenters. The van der Waals surface area contributed by atoms with Crippen molar-refractivity contribution in [1.29, 1.82) is 0 Å². The highest BCUT2D eigenvalue weighted by molar-refractivity contribution is 6.10. The van der Waals surface area contributed by atoms with Crippen molar-refractivity contribution in [2.24, 2.45) is 0 Å². The minimum absolute atomic E-state index is 0.0180. The van der Waals surface area contributed by atoms with Crippen LogP contribution < -0.4 is 5.32 Å². The second kappa shape index (κ2) is 4.19. The van der Waals surface area contributed by atoms with Gasteiger partial charge in [0.1, 0.15) is 0 Å². The van der Waals surface area contributed by atoms with E-state index in [4.69, 9.17) is 0 Å². The van der Waals surface area contributed by atoms with Crippen molar-refractivity contribution in [3.8, 4) is 0 Å². The molecule has 0 bridgehead atoms. The van der Waals surface area contributed by atoms with Gasteiger partial charge < -0.3 is 10.4 Å². The molecule has 1 spiro atoms. The third kappa shape index (κ3) is 1.64. The van der Waals surface area contributed by atoms with Crippen molar-refractivity contribution in [3.63, 3.8) is 0 Å². The number of carboxylic acids is 1. The van der Waals surface area contributed by atoms with E-state index in [1.807, 2.05) is 19.1 Å². The maximum absolute atomic E-state index is 12.5. The van der Waals surface area contributed by atoms with Crippen LogP contribution in [0.15, 0.2) is 42.5 Å². The predicted octanol–water partition coefficient (Wildman–Crippen LogP) is 3.07. The number of fused-ring (bicyclic) bond motifs is 2. The van der Waals surface area contributed by atoms with Gasteiger partial charge in [0.25, 0.3) is 0 Å². The summed E-state index contributed by atoms with van der Waals surface area (Å²) in [7, 11) is 0. The first-order valence-electron chi connectivity index (χ1n) is 7.28. The van der Waals surface area contributed by atoms with Gasteiger partial charge in [-0.25, -0.2) is 4.79 Å². The molecule has 1 heterocycles. The fourth-order valence-corrected chi connectivity index (χ4v) is 3.52. The van der Waals surface area contributed by atoms with E-state index < -0.39 is 11.4 Å². The second-order valence-electron chi connectivity index (χ2n) is 6.16. The fraction of sp³-hybridized carbons (Fsp3) is 0.222. The molecule has 1 aliphatic heterocycles. The first-order valence-corrected chi connectivity index (χ1v) is 7.28. The van der Waals surface area contributed by atoms with Gasteiger partial charge in [-0.15, -0.1) is 0 Å². The van der Waals surface area contributed by atoms with E-state index in [2.05, 4.69) is 17.4 Å². The van der Waals surface area contributed by atoms with Gasteiger partial charge in [0.2, 0.25) is 5.91 Å². The zero-order valence-corrected chi connectivity index (χ0v) is 12.1. The summed E-state index contributed by atoms with van der Waals surface area (Å²) in [6.07, 6.45) is 0.734. The third-order valence-electron chi connectivity index (χ3n) is 4.84. The molecule has 2 aromatic rings. The topological polar surface area (TPSA) is 66.4 Å². The number of carbonyl (C=O) groups is 2. The molecular formula is C18H15NO3. The van der Waals surface area contributed by atoms with Crippen molar-refractivity contribution in [3.05, 3.63) is 64.7 Å². The van der Waals surface area contributed by atoms with E-state index in [0.29, 0.717) is 0 Å². The molecule has 2 N–H and O–H groups in total. The SMILES string of the molecule is Cc1ccc([C@H]2C[C@]23C(=O)Nc2ccc(C(=O)O)cc23)cc1. The molecule has 1 saturated carbocycles. The molecule has 1 fully saturated rings. The largest absolute Gasteiger partial charge is 0.478 e. The Balaban J connectivity index is 1.79. The van der Waals surface area contributed by atoms with Crippen LogP contribution in [0, 0.1) is 6.92 Å². The third-order valence-corrected chi connectivity index (χ3v) is 4.84. The number of nitrogens with one attached hydrogen (secondary N) is 1. The molecule has 0 radical (unpaired) electrons. The van der Waals surface area contributed by atoms with Gasteiger partial charge in [-0.3, -0.25) is 4.79 Å². The number of rotatable bonds is 2. The van der Waals surface area contributed by atoms with Gasteiger partial charge in [0.15, 0.2) is 0 Å². The van der Waals surface area contributed by atoms with E-state index in [0.717, 1.165) is 23.2 Å². The molecule has 0 saturated heterocycles. The van der Waals surface area contributed by atoms with Crippen LogP contribution in [0.2, 0.25) is 0 Å². The first kappa shape index (κ1) is 13.1. The number of amides is 1. The summed E-state index contributed by atoms with van der Waals surface area (Å²) >= 11 is 0. The number of aryl methyl sites for hydroxylation is 1. The van der Waals surface area contributed by atoms with Crippen LogP contribution in [0.5, 0.6) is 0 Å². The number of carbonyl (C=O) groups excluding carboxylic acids is 1. The smallest absolute Gasteiger partial charge is 0.335 e. The molecule has 4 nitrogen and oxygen atoms in total. The van der Waals surface area contributed by atoms with Gasteiger partial charge in [-0.2, -0.15) is 0 Å². The van der Waals surface area contributed by atoms with Gasteiger partial charge in [0, 0.05) is 11.6 Å². The van der Waals surface area contributed by atoms with Crippen molar-refractivity contribution < 1.29 is 14.7 Å². The highest BCUT2D eigenvalue weighted by Crippen LogP contribution is 2.64. The summed E-state index contributed by atoms with van der Waals surface area (Å²) in [6, 6.07) is 13.1. The molecule has 2 aliphatic rings. The fourth-order valence-electron chi connectivity index (χ4n) is 3.52. The maximum atomic E-state index is 12.5. The van der Waals surface area contributed by atoms with Crippen LogP contribution in [-0.4, -0.2) is 17.0 Å². The Morgan fingerprint density at radius 2 is 1.95 bits per heavy atom. The van der Waals surface area contributed by atoms with E-state index in [9.17, 15) is 14.7 Å². The highest BCUT2D eigenvalue weighted by Gasteiger charge is 2.65. The Morgan fingerprint density at radius 3 is 2.64 bits per heavy atom. The molecule has 110 valence electrons. The zero-order valence-electron chi connectivity index (χ0n) is 12.1. The summed E-state index contributed by atoms with van der Waals surface area (Å²) in [4.78, 5) is 23.7. The van der Waals surface area contributed by atoms with E-state index in [1.165, 1.54) is 11.6 Å². The van der Waals surface area contributed by atoms with Crippen LogP contribution in [0.4, 0.5) is 5.69 Å². The molecule has 1 amide bonds. The number of hydrogen-bond acceptors (Lipinski definition) is 2. The Kier molecular flexibility index (Phi) is 2.49. The number of carboxylic acid groups (broad SMARTS) is 1. The Hall–Kier alpha value is -2.62. The lowest BCUT2D eigenvalue weighted by Gasteiger charge is -2.09. The van der Waals surface area contributed by atoms with Crippen molar-refractivity contribution in [1.82, 2.24) is 0 Å².